The number of aliphatic hydroxyl groups excluding tert-OH is 2. The van der Waals surface area contributed by atoms with Crippen LogP contribution >= 0.6 is 0 Å². The highest BCUT2D eigenvalue weighted by atomic mass is 16.5. The summed E-state index contributed by atoms with van der Waals surface area (Å²) in [7, 11) is 0. The lowest BCUT2D eigenvalue weighted by molar-refractivity contribution is -0.131. The Balaban J connectivity index is 1.56. The zero-order chi connectivity index (χ0) is 22.7. The second-order valence-electron chi connectivity index (χ2n) is 7.84. The Kier molecular flexibility index (Phi) is 6.39. The molecule has 1 aromatic heterocycles. The van der Waals surface area contributed by atoms with Crippen molar-refractivity contribution in [3.63, 3.8) is 0 Å². The van der Waals surface area contributed by atoms with E-state index in [1.165, 1.54) is 6.08 Å². The van der Waals surface area contributed by atoms with Crippen LogP contribution in [0.4, 0.5) is 0 Å². The number of aryl methyl sites for hydroxylation is 1. The minimum Gasteiger partial charge on any atom is -0.491 e. The van der Waals surface area contributed by atoms with Gasteiger partial charge in [0, 0.05) is 17.0 Å². The number of hydrogen-bond acceptors (Lipinski definition) is 6. The standard InChI is InChI=1S/C25H24O7/c26-20(14-31-16-6-3-5-15(13-16)11-12-22(27)28)24(29)19-9-4-10-21-23(19)17-7-1-2-8-18(17)25(30)32-21/h3-6,9-13,20,24,26,29H,1-2,7-8,14H2,(H,27,28). The van der Waals surface area contributed by atoms with Crippen molar-refractivity contribution in [2.24, 2.45) is 0 Å². The van der Waals surface area contributed by atoms with Gasteiger partial charge in [-0.15, -0.1) is 0 Å². The maximum Gasteiger partial charge on any atom is 0.339 e. The lowest BCUT2D eigenvalue weighted by Crippen LogP contribution is -2.26. The zero-order valence-corrected chi connectivity index (χ0v) is 17.4. The molecular formula is C25H24O7. The number of aliphatic carboxylic acids is 1. The lowest BCUT2D eigenvalue weighted by atomic mass is 9.87. The van der Waals surface area contributed by atoms with Crippen LogP contribution in [-0.4, -0.2) is 34.0 Å². The Morgan fingerprint density at radius 1 is 1.09 bits per heavy atom. The number of carboxylic acid groups (broad SMARTS) is 1. The van der Waals surface area contributed by atoms with Gasteiger partial charge < -0.3 is 24.5 Å². The van der Waals surface area contributed by atoms with E-state index in [1.807, 2.05) is 0 Å². The molecule has 2 unspecified atom stereocenters. The van der Waals surface area contributed by atoms with Crippen LogP contribution in [-0.2, 0) is 17.6 Å². The van der Waals surface area contributed by atoms with Gasteiger partial charge in [-0.2, -0.15) is 0 Å². The third-order valence-electron chi connectivity index (χ3n) is 5.66. The van der Waals surface area contributed by atoms with E-state index in [9.17, 15) is 19.8 Å². The normalized spacial score (nSPS) is 15.4. The molecule has 1 heterocycles. The summed E-state index contributed by atoms with van der Waals surface area (Å²) >= 11 is 0. The highest BCUT2D eigenvalue weighted by Gasteiger charge is 2.26. The third-order valence-corrected chi connectivity index (χ3v) is 5.66. The van der Waals surface area contributed by atoms with Gasteiger partial charge in [-0.3, -0.25) is 0 Å². The average molecular weight is 436 g/mol. The van der Waals surface area contributed by atoms with Crippen molar-refractivity contribution < 1.29 is 29.3 Å². The number of carboxylic acids is 1. The summed E-state index contributed by atoms with van der Waals surface area (Å²) < 4.78 is 11.1. The topological polar surface area (TPSA) is 117 Å². The van der Waals surface area contributed by atoms with E-state index >= 15 is 0 Å². The van der Waals surface area contributed by atoms with Gasteiger partial charge in [0.15, 0.2) is 0 Å². The van der Waals surface area contributed by atoms with Crippen LogP contribution in [0.5, 0.6) is 5.75 Å². The molecule has 3 aromatic rings. The van der Waals surface area contributed by atoms with Gasteiger partial charge in [-0.25, -0.2) is 9.59 Å². The molecule has 0 bridgehead atoms. The maximum absolute atomic E-state index is 12.3. The van der Waals surface area contributed by atoms with E-state index in [1.54, 1.807) is 42.5 Å². The SMILES string of the molecule is O=C(O)C=Cc1cccc(OCC(O)C(O)c2cccc3oc(=O)c4c(c23)CCCC4)c1. The molecule has 4 rings (SSSR count). The van der Waals surface area contributed by atoms with Crippen LogP contribution in [0.3, 0.4) is 0 Å². The molecule has 3 N–H and O–H groups in total. The van der Waals surface area contributed by atoms with E-state index in [2.05, 4.69) is 0 Å². The number of benzene rings is 2. The Bertz CT molecular complexity index is 1220. The first-order valence-corrected chi connectivity index (χ1v) is 10.5. The Labute approximate surface area is 184 Å². The van der Waals surface area contributed by atoms with Gasteiger partial charge in [0.1, 0.15) is 30.1 Å². The second-order valence-corrected chi connectivity index (χ2v) is 7.84. The molecule has 0 saturated heterocycles. The quantitative estimate of drug-likeness (QED) is 0.384. The number of fused-ring (bicyclic) bond motifs is 3. The molecule has 0 amide bonds. The van der Waals surface area contributed by atoms with Crippen LogP contribution in [0.2, 0.25) is 0 Å². The first-order valence-electron chi connectivity index (χ1n) is 10.5. The van der Waals surface area contributed by atoms with E-state index in [4.69, 9.17) is 14.3 Å². The molecule has 2 aromatic carbocycles. The Morgan fingerprint density at radius 2 is 1.84 bits per heavy atom. The van der Waals surface area contributed by atoms with Gasteiger partial charge >= 0.3 is 11.6 Å². The molecule has 1 aliphatic rings. The van der Waals surface area contributed by atoms with Crippen molar-refractivity contribution >= 4 is 23.0 Å². The van der Waals surface area contributed by atoms with Crippen LogP contribution in [0, 0.1) is 0 Å². The third kappa shape index (κ3) is 4.59. The monoisotopic (exact) mass is 436 g/mol. The van der Waals surface area contributed by atoms with Crippen molar-refractivity contribution in [3.8, 4) is 5.75 Å². The lowest BCUT2D eigenvalue weighted by Gasteiger charge is -2.23. The van der Waals surface area contributed by atoms with Crippen LogP contribution < -0.4 is 10.4 Å². The minimum absolute atomic E-state index is 0.178. The van der Waals surface area contributed by atoms with Crippen LogP contribution in [0.25, 0.3) is 17.0 Å². The predicted molar refractivity (Wildman–Crippen MR) is 119 cm³/mol. The van der Waals surface area contributed by atoms with E-state index in [-0.39, 0.29) is 12.2 Å². The van der Waals surface area contributed by atoms with E-state index < -0.39 is 18.2 Å². The van der Waals surface area contributed by atoms with Gasteiger partial charge in [0.05, 0.1) is 0 Å². The van der Waals surface area contributed by atoms with E-state index in [0.717, 1.165) is 30.9 Å². The number of ether oxygens (including phenoxy) is 1. The molecule has 0 spiro atoms. The minimum atomic E-state index is -1.24. The van der Waals surface area contributed by atoms with Gasteiger partial charge in [0.25, 0.3) is 0 Å². The summed E-state index contributed by atoms with van der Waals surface area (Å²) in [5.74, 6) is -0.618. The summed E-state index contributed by atoms with van der Waals surface area (Å²) in [6.07, 6.45) is 3.24. The number of rotatable bonds is 7. The molecule has 7 nitrogen and oxygen atoms in total. The van der Waals surface area contributed by atoms with Crippen LogP contribution in [0.1, 0.15) is 41.2 Å². The van der Waals surface area contributed by atoms with Crippen molar-refractivity contribution in [3.05, 3.63) is 81.2 Å². The molecule has 1 aliphatic carbocycles. The molecule has 7 heteroatoms. The number of hydrogen-bond donors (Lipinski definition) is 3. The summed E-state index contributed by atoms with van der Waals surface area (Å²) in [6, 6.07) is 11.9. The fourth-order valence-corrected chi connectivity index (χ4v) is 4.13. The van der Waals surface area contributed by atoms with Crippen molar-refractivity contribution in [1.29, 1.82) is 0 Å². The van der Waals surface area contributed by atoms with Crippen LogP contribution in [0.15, 0.2) is 57.8 Å². The predicted octanol–water partition coefficient (Wildman–Crippen LogP) is 3.24. The maximum atomic E-state index is 12.3. The van der Waals surface area contributed by atoms with Gasteiger partial charge in [-0.1, -0.05) is 24.3 Å². The number of aliphatic hydroxyl groups is 2. The number of carbonyl (C=O) groups is 1. The molecule has 0 fully saturated rings. The molecule has 0 radical (unpaired) electrons. The first kappa shape index (κ1) is 21.8. The van der Waals surface area contributed by atoms with E-state index in [0.29, 0.717) is 39.8 Å². The van der Waals surface area contributed by atoms with Gasteiger partial charge in [0.2, 0.25) is 0 Å². The van der Waals surface area contributed by atoms with Crippen molar-refractivity contribution in [2.75, 3.05) is 6.61 Å². The van der Waals surface area contributed by atoms with Crippen molar-refractivity contribution in [2.45, 2.75) is 37.9 Å². The molecular weight excluding hydrogens is 412 g/mol. The molecule has 0 aliphatic heterocycles. The largest absolute Gasteiger partial charge is 0.491 e. The average Bonchev–Trinajstić information content (AvgIpc) is 2.80. The summed E-state index contributed by atoms with van der Waals surface area (Å²) in [5.41, 5.74) is 2.75. The zero-order valence-electron chi connectivity index (χ0n) is 17.4. The Hall–Kier alpha value is -3.42. The molecule has 166 valence electrons. The van der Waals surface area contributed by atoms with Crippen molar-refractivity contribution in [1.82, 2.24) is 0 Å². The molecule has 0 saturated carbocycles. The Morgan fingerprint density at radius 3 is 2.62 bits per heavy atom. The first-order chi connectivity index (χ1) is 15.4. The summed E-state index contributed by atoms with van der Waals surface area (Å²) in [5, 5.41) is 31.0. The fraction of sp³-hybridized carbons (Fsp3) is 0.280. The molecule has 2 atom stereocenters. The van der Waals surface area contributed by atoms with Gasteiger partial charge in [-0.05, 0) is 66.6 Å². The smallest absolute Gasteiger partial charge is 0.339 e. The highest BCUT2D eigenvalue weighted by Crippen LogP contribution is 2.33. The summed E-state index contributed by atoms with van der Waals surface area (Å²) in [4.78, 5) is 23.0. The summed E-state index contributed by atoms with van der Waals surface area (Å²) in [6.45, 7) is -0.178. The second kappa shape index (κ2) is 9.38. The highest BCUT2D eigenvalue weighted by molar-refractivity contribution is 5.86. The molecule has 32 heavy (non-hydrogen) atoms. The fourth-order valence-electron chi connectivity index (χ4n) is 4.13.